The summed E-state index contributed by atoms with van der Waals surface area (Å²) in [6, 6.07) is 5.56. The number of aryl methyl sites for hydroxylation is 1. The molecule has 0 aliphatic rings. The number of methoxy groups -OCH3 is 1. The minimum atomic E-state index is -3.94. The molecule has 1 aromatic heterocycles. The first-order valence-electron chi connectivity index (χ1n) is 5.91. The molecule has 1 aromatic carbocycles. The molecule has 108 valence electrons. The number of hydrogen-bond donors (Lipinski definition) is 0. The maximum Gasteiger partial charge on any atom is 0.296 e. The highest BCUT2D eigenvalue weighted by Crippen LogP contribution is 2.31. The third kappa shape index (κ3) is 2.64. The molecule has 0 atom stereocenters. The number of halogens is 1. The lowest BCUT2D eigenvalue weighted by molar-refractivity contribution is 0.415. The van der Waals surface area contributed by atoms with Gasteiger partial charge in [0.05, 0.1) is 12.7 Å². The average molecular weight is 316 g/mol. The number of benzene rings is 1. The molecule has 0 N–H and O–H groups in total. The van der Waals surface area contributed by atoms with E-state index in [9.17, 15) is 8.42 Å². The zero-order valence-corrected chi connectivity index (χ0v) is 12.9. The van der Waals surface area contributed by atoms with Crippen LogP contribution in [0.4, 0.5) is 0 Å². The van der Waals surface area contributed by atoms with Gasteiger partial charge in [0.25, 0.3) is 14.2 Å². The highest BCUT2D eigenvalue weighted by atomic mass is 35.7. The zero-order valence-electron chi connectivity index (χ0n) is 11.3. The Morgan fingerprint density at radius 1 is 1.35 bits per heavy atom. The van der Waals surface area contributed by atoms with E-state index in [-0.39, 0.29) is 5.16 Å². The molecule has 0 unspecified atom stereocenters. The lowest BCUT2D eigenvalue weighted by Gasteiger charge is -2.10. The molecule has 8 heteroatoms. The molecule has 2 rings (SSSR count). The van der Waals surface area contributed by atoms with Crippen LogP contribution in [0.15, 0.2) is 23.4 Å². The Morgan fingerprint density at radius 2 is 2.05 bits per heavy atom. The van der Waals surface area contributed by atoms with Gasteiger partial charge in [-0.05, 0) is 26.0 Å². The topological polar surface area (TPSA) is 74.1 Å². The fourth-order valence-corrected chi connectivity index (χ4v) is 2.91. The van der Waals surface area contributed by atoms with Gasteiger partial charge in [-0.15, -0.1) is 10.2 Å². The van der Waals surface area contributed by atoms with E-state index in [1.54, 1.807) is 20.1 Å². The summed E-state index contributed by atoms with van der Waals surface area (Å²) in [5.74, 6) is 1.00. The molecule has 0 aliphatic heterocycles. The molecule has 0 saturated heterocycles. The molecule has 6 nitrogen and oxygen atoms in total. The lowest BCUT2D eigenvalue weighted by Crippen LogP contribution is -2.06. The number of ether oxygens (including phenoxy) is 1. The predicted octanol–water partition coefficient (Wildman–Crippen LogP) is 2.21. The van der Waals surface area contributed by atoms with E-state index in [2.05, 4.69) is 10.2 Å². The van der Waals surface area contributed by atoms with Crippen molar-refractivity contribution >= 4 is 19.7 Å². The Balaban J connectivity index is 2.71. The van der Waals surface area contributed by atoms with Gasteiger partial charge in [-0.25, -0.2) is 8.42 Å². The van der Waals surface area contributed by atoms with Crippen LogP contribution in [-0.4, -0.2) is 30.3 Å². The Morgan fingerprint density at radius 3 is 2.60 bits per heavy atom. The van der Waals surface area contributed by atoms with Crippen molar-refractivity contribution in [2.75, 3.05) is 7.11 Å². The van der Waals surface area contributed by atoms with E-state index in [1.807, 2.05) is 19.1 Å². The van der Waals surface area contributed by atoms with Gasteiger partial charge in [0.2, 0.25) is 0 Å². The summed E-state index contributed by atoms with van der Waals surface area (Å²) in [6.45, 7) is 4.09. The lowest BCUT2D eigenvalue weighted by atomic mass is 10.1. The van der Waals surface area contributed by atoms with Crippen LogP contribution in [0.5, 0.6) is 5.75 Å². The Bertz CT molecular complexity index is 740. The highest BCUT2D eigenvalue weighted by molar-refractivity contribution is 8.13. The van der Waals surface area contributed by atoms with Gasteiger partial charge in [0, 0.05) is 17.2 Å². The minimum Gasteiger partial charge on any atom is -0.496 e. The van der Waals surface area contributed by atoms with E-state index in [4.69, 9.17) is 15.4 Å². The molecule has 0 saturated carbocycles. The molecule has 0 amide bonds. The Kier molecular flexibility index (Phi) is 4.01. The summed E-state index contributed by atoms with van der Waals surface area (Å²) >= 11 is 0. The van der Waals surface area contributed by atoms with E-state index < -0.39 is 9.05 Å². The van der Waals surface area contributed by atoms with Crippen molar-refractivity contribution in [3.05, 3.63) is 23.8 Å². The summed E-state index contributed by atoms with van der Waals surface area (Å²) < 4.78 is 29.7. The average Bonchev–Trinajstić information content (AvgIpc) is 2.82. The van der Waals surface area contributed by atoms with Gasteiger partial charge in [0.1, 0.15) is 5.75 Å². The second kappa shape index (κ2) is 5.41. The van der Waals surface area contributed by atoms with Crippen molar-refractivity contribution in [2.24, 2.45) is 0 Å². The standard InChI is InChI=1S/C12H14ClN3O3S/c1-4-16-11(14-15-12(16)20(13,17)18)9-7-8(2)5-6-10(9)19-3/h5-7H,4H2,1-3H3. The van der Waals surface area contributed by atoms with Crippen LogP contribution in [-0.2, 0) is 15.6 Å². The van der Waals surface area contributed by atoms with Gasteiger partial charge < -0.3 is 4.74 Å². The van der Waals surface area contributed by atoms with Crippen molar-refractivity contribution in [1.29, 1.82) is 0 Å². The first-order valence-corrected chi connectivity index (χ1v) is 8.22. The van der Waals surface area contributed by atoms with E-state index in [0.717, 1.165) is 5.56 Å². The van der Waals surface area contributed by atoms with Gasteiger partial charge >= 0.3 is 0 Å². The van der Waals surface area contributed by atoms with Crippen LogP contribution in [0.3, 0.4) is 0 Å². The number of nitrogens with zero attached hydrogens (tertiary/aromatic N) is 3. The molecule has 0 bridgehead atoms. The predicted molar refractivity (Wildman–Crippen MR) is 75.5 cm³/mol. The van der Waals surface area contributed by atoms with Crippen LogP contribution < -0.4 is 4.74 Å². The second-order valence-corrected chi connectivity index (χ2v) is 6.65. The van der Waals surface area contributed by atoms with E-state index in [0.29, 0.717) is 23.7 Å². The fraction of sp³-hybridized carbons (Fsp3) is 0.333. The molecule has 0 radical (unpaired) electrons. The number of rotatable bonds is 4. The SMILES string of the molecule is CCn1c(-c2cc(C)ccc2OC)nnc1S(=O)(=O)Cl. The van der Waals surface area contributed by atoms with Gasteiger partial charge in [0.15, 0.2) is 5.82 Å². The van der Waals surface area contributed by atoms with E-state index >= 15 is 0 Å². The monoisotopic (exact) mass is 315 g/mol. The van der Waals surface area contributed by atoms with Crippen LogP contribution in [0, 0.1) is 6.92 Å². The number of aromatic nitrogens is 3. The third-order valence-electron chi connectivity index (χ3n) is 2.85. The summed E-state index contributed by atoms with van der Waals surface area (Å²) in [6.07, 6.45) is 0. The highest BCUT2D eigenvalue weighted by Gasteiger charge is 2.23. The Labute approximate surface area is 121 Å². The second-order valence-electron chi connectivity index (χ2n) is 4.19. The van der Waals surface area contributed by atoms with Crippen LogP contribution in [0.25, 0.3) is 11.4 Å². The summed E-state index contributed by atoms with van der Waals surface area (Å²) in [5, 5.41) is 7.36. The smallest absolute Gasteiger partial charge is 0.296 e. The van der Waals surface area contributed by atoms with Gasteiger partial charge in [-0.3, -0.25) is 4.57 Å². The maximum absolute atomic E-state index is 11.5. The largest absolute Gasteiger partial charge is 0.496 e. The maximum atomic E-state index is 11.5. The molecule has 2 aromatic rings. The zero-order chi connectivity index (χ0) is 14.9. The molecule has 1 heterocycles. The van der Waals surface area contributed by atoms with Crippen molar-refractivity contribution in [3.8, 4) is 17.1 Å². The fourth-order valence-electron chi connectivity index (χ4n) is 1.95. The quantitative estimate of drug-likeness (QED) is 0.809. The van der Waals surface area contributed by atoms with Gasteiger partial charge in [-0.1, -0.05) is 11.6 Å². The van der Waals surface area contributed by atoms with Gasteiger partial charge in [-0.2, -0.15) is 0 Å². The van der Waals surface area contributed by atoms with Crippen molar-refractivity contribution in [1.82, 2.24) is 14.8 Å². The van der Waals surface area contributed by atoms with Crippen LogP contribution in [0.2, 0.25) is 0 Å². The molecule has 0 spiro atoms. The molecular formula is C12H14ClN3O3S. The Hall–Kier alpha value is -1.60. The summed E-state index contributed by atoms with van der Waals surface area (Å²) in [4.78, 5) is 0. The first-order chi connectivity index (χ1) is 9.38. The number of hydrogen-bond acceptors (Lipinski definition) is 5. The molecule has 0 fully saturated rings. The molecular weight excluding hydrogens is 302 g/mol. The minimum absolute atomic E-state index is 0.264. The molecule has 20 heavy (non-hydrogen) atoms. The normalized spacial score (nSPS) is 11.6. The van der Waals surface area contributed by atoms with Crippen molar-refractivity contribution in [3.63, 3.8) is 0 Å². The molecule has 0 aliphatic carbocycles. The van der Waals surface area contributed by atoms with E-state index in [1.165, 1.54) is 4.57 Å². The third-order valence-corrected chi connectivity index (χ3v) is 4.00. The summed E-state index contributed by atoms with van der Waals surface area (Å²) in [7, 11) is 2.97. The van der Waals surface area contributed by atoms with Crippen LogP contribution in [0.1, 0.15) is 12.5 Å². The van der Waals surface area contributed by atoms with Crippen molar-refractivity contribution < 1.29 is 13.2 Å². The summed E-state index contributed by atoms with van der Waals surface area (Å²) in [5.41, 5.74) is 1.68. The van der Waals surface area contributed by atoms with Crippen molar-refractivity contribution in [2.45, 2.75) is 25.5 Å². The first kappa shape index (κ1) is 14.8. The van der Waals surface area contributed by atoms with Crippen LogP contribution >= 0.6 is 10.7 Å².